The Morgan fingerprint density at radius 3 is 3.00 bits per heavy atom. The molecule has 1 aromatic carbocycles. The van der Waals surface area contributed by atoms with Gasteiger partial charge in [-0.05, 0) is 32.0 Å². The van der Waals surface area contributed by atoms with Crippen LogP contribution in [0.5, 0.6) is 0 Å². The summed E-state index contributed by atoms with van der Waals surface area (Å²) in [6, 6.07) is 5.50. The second kappa shape index (κ2) is 9.03. The number of nitrogens with one attached hydrogen (secondary N) is 2. The van der Waals surface area contributed by atoms with Crippen LogP contribution in [0.3, 0.4) is 0 Å². The number of hydrogen-bond acceptors (Lipinski definition) is 6. The van der Waals surface area contributed by atoms with E-state index < -0.39 is 0 Å². The van der Waals surface area contributed by atoms with E-state index in [2.05, 4.69) is 20.7 Å². The Bertz CT molecular complexity index is 1050. The first kappa shape index (κ1) is 20.6. The van der Waals surface area contributed by atoms with Crippen LogP contribution in [0.1, 0.15) is 12.6 Å². The molecule has 2 amide bonds. The number of benzene rings is 1. The third kappa shape index (κ3) is 4.43. The van der Waals surface area contributed by atoms with Crippen molar-refractivity contribution >= 4 is 45.5 Å². The number of ether oxygens (including phenoxy) is 1. The minimum absolute atomic E-state index is 0.101. The van der Waals surface area contributed by atoms with Crippen LogP contribution in [0.4, 0.5) is 21.3 Å². The van der Waals surface area contributed by atoms with Crippen LogP contribution >= 0.6 is 22.9 Å². The molecule has 10 heteroatoms. The molecular formula is C20H23ClN6O2S. The first-order valence-corrected chi connectivity index (χ1v) is 11.0. The summed E-state index contributed by atoms with van der Waals surface area (Å²) in [5.74, 6) is 0. The fraction of sp³-hybridized carbons (Fsp3) is 0.350. The van der Waals surface area contributed by atoms with Gasteiger partial charge in [-0.2, -0.15) is 5.10 Å². The van der Waals surface area contributed by atoms with Gasteiger partial charge in [-0.15, -0.1) is 11.3 Å². The number of anilines is 3. The molecule has 158 valence electrons. The molecule has 0 radical (unpaired) electrons. The van der Waals surface area contributed by atoms with E-state index in [-0.39, 0.29) is 6.03 Å². The maximum absolute atomic E-state index is 11.9. The van der Waals surface area contributed by atoms with Gasteiger partial charge in [0.05, 0.1) is 35.2 Å². The highest BCUT2D eigenvalue weighted by molar-refractivity contribution is 7.14. The van der Waals surface area contributed by atoms with Crippen molar-refractivity contribution in [3.05, 3.63) is 40.5 Å². The van der Waals surface area contributed by atoms with E-state index in [0.717, 1.165) is 33.5 Å². The number of halogens is 1. The van der Waals surface area contributed by atoms with Crippen LogP contribution in [0.15, 0.2) is 29.8 Å². The Hall–Kier alpha value is -2.62. The van der Waals surface area contributed by atoms with Crippen molar-refractivity contribution in [2.24, 2.45) is 0 Å². The molecule has 1 fully saturated rings. The Morgan fingerprint density at radius 1 is 1.40 bits per heavy atom. The van der Waals surface area contributed by atoms with Crippen molar-refractivity contribution < 1.29 is 9.53 Å². The topological polar surface area (TPSA) is 84.3 Å². The number of hydrogen-bond donors (Lipinski definition) is 2. The van der Waals surface area contributed by atoms with Gasteiger partial charge < -0.3 is 15.4 Å². The van der Waals surface area contributed by atoms with Crippen molar-refractivity contribution in [1.82, 2.24) is 20.1 Å². The molecule has 0 bridgehead atoms. The van der Waals surface area contributed by atoms with E-state index in [0.29, 0.717) is 37.9 Å². The number of urea groups is 1. The Balaban J connectivity index is 1.47. The Kier molecular flexibility index (Phi) is 6.21. The van der Waals surface area contributed by atoms with Crippen LogP contribution in [-0.4, -0.2) is 47.1 Å². The number of aryl methyl sites for hydroxylation is 1. The van der Waals surface area contributed by atoms with Gasteiger partial charge >= 0.3 is 6.03 Å². The lowest BCUT2D eigenvalue weighted by Gasteiger charge is -2.15. The zero-order valence-electron chi connectivity index (χ0n) is 16.8. The largest absolute Gasteiger partial charge is 0.380 e. The number of carbonyl (C=O) groups is 1. The van der Waals surface area contributed by atoms with Gasteiger partial charge in [-0.25, -0.2) is 9.78 Å². The standard InChI is InChI=1S/C20H23ClN6O2S/c1-3-29-9-8-26-11-17(13(2)25-26)23-19-24-18(12-30-19)15-5-4-14(10-16(15)21)27-7-6-22-20(27)28/h4-5,10-12H,3,6-9H2,1-2H3,(H,22,28)(H,23,24). The number of nitrogens with zero attached hydrogens (tertiary/aromatic N) is 4. The third-order valence-electron chi connectivity index (χ3n) is 4.76. The summed E-state index contributed by atoms with van der Waals surface area (Å²) in [6.07, 6.45) is 1.96. The Labute approximate surface area is 183 Å². The summed E-state index contributed by atoms with van der Waals surface area (Å²) in [6.45, 7) is 7.24. The van der Waals surface area contributed by atoms with Gasteiger partial charge in [0.15, 0.2) is 5.13 Å². The minimum Gasteiger partial charge on any atom is -0.380 e. The van der Waals surface area contributed by atoms with Gasteiger partial charge in [-0.3, -0.25) is 9.58 Å². The van der Waals surface area contributed by atoms with Gasteiger partial charge in [0, 0.05) is 42.5 Å². The normalized spacial score (nSPS) is 13.7. The molecule has 0 unspecified atom stereocenters. The molecule has 0 atom stereocenters. The summed E-state index contributed by atoms with van der Waals surface area (Å²) in [5.41, 5.74) is 4.20. The van der Waals surface area contributed by atoms with E-state index in [1.54, 1.807) is 11.0 Å². The lowest BCUT2D eigenvalue weighted by molar-refractivity contribution is 0.136. The van der Waals surface area contributed by atoms with Crippen molar-refractivity contribution in [3.63, 3.8) is 0 Å². The summed E-state index contributed by atoms with van der Waals surface area (Å²) in [5, 5.41) is 13.9. The van der Waals surface area contributed by atoms with Gasteiger partial charge in [0.2, 0.25) is 0 Å². The monoisotopic (exact) mass is 446 g/mol. The van der Waals surface area contributed by atoms with Gasteiger partial charge in [-0.1, -0.05) is 11.6 Å². The molecule has 0 saturated carbocycles. The van der Waals surface area contributed by atoms with E-state index in [4.69, 9.17) is 16.3 Å². The number of aromatic nitrogens is 3. The van der Waals surface area contributed by atoms with Crippen molar-refractivity contribution in [3.8, 4) is 11.3 Å². The predicted octanol–water partition coefficient (Wildman–Crippen LogP) is 4.28. The zero-order valence-corrected chi connectivity index (χ0v) is 18.4. The van der Waals surface area contributed by atoms with Crippen LogP contribution in [0, 0.1) is 6.92 Å². The molecule has 3 heterocycles. The highest BCUT2D eigenvalue weighted by atomic mass is 35.5. The highest BCUT2D eigenvalue weighted by Crippen LogP contribution is 2.34. The van der Waals surface area contributed by atoms with Crippen LogP contribution in [0.25, 0.3) is 11.3 Å². The number of amides is 2. The summed E-state index contributed by atoms with van der Waals surface area (Å²) < 4.78 is 7.25. The first-order valence-electron chi connectivity index (χ1n) is 9.75. The highest BCUT2D eigenvalue weighted by Gasteiger charge is 2.22. The number of rotatable bonds is 8. The fourth-order valence-electron chi connectivity index (χ4n) is 3.23. The quantitative estimate of drug-likeness (QED) is 0.504. The van der Waals surface area contributed by atoms with Crippen molar-refractivity contribution in [2.75, 3.05) is 36.5 Å². The molecule has 0 spiro atoms. The molecule has 4 rings (SSSR count). The molecular weight excluding hydrogens is 424 g/mol. The molecule has 1 saturated heterocycles. The number of thiazole rings is 1. The molecule has 2 aromatic heterocycles. The first-order chi connectivity index (χ1) is 14.5. The molecule has 2 N–H and O–H groups in total. The van der Waals surface area contributed by atoms with Crippen LogP contribution in [-0.2, 0) is 11.3 Å². The van der Waals surface area contributed by atoms with Gasteiger partial charge in [0.1, 0.15) is 0 Å². The number of carbonyl (C=O) groups excluding carboxylic acids is 1. The molecule has 3 aromatic rings. The van der Waals surface area contributed by atoms with E-state index in [1.807, 2.05) is 42.2 Å². The average molecular weight is 447 g/mol. The molecule has 30 heavy (non-hydrogen) atoms. The van der Waals surface area contributed by atoms with Crippen molar-refractivity contribution in [2.45, 2.75) is 20.4 Å². The maximum atomic E-state index is 11.9. The molecule has 1 aliphatic rings. The Morgan fingerprint density at radius 2 is 2.27 bits per heavy atom. The lowest BCUT2D eigenvalue weighted by Crippen LogP contribution is -2.27. The SMILES string of the molecule is CCOCCn1cc(Nc2nc(-c3ccc(N4CCNC4=O)cc3Cl)cs2)c(C)n1. The van der Waals surface area contributed by atoms with Crippen LogP contribution in [0.2, 0.25) is 5.02 Å². The second-order valence-electron chi connectivity index (χ2n) is 6.80. The fourth-order valence-corrected chi connectivity index (χ4v) is 4.22. The van der Waals surface area contributed by atoms with Crippen LogP contribution < -0.4 is 15.5 Å². The molecule has 0 aliphatic carbocycles. The average Bonchev–Trinajstić information content (AvgIpc) is 3.44. The zero-order chi connectivity index (χ0) is 21.1. The van der Waals surface area contributed by atoms with E-state index in [1.165, 1.54) is 11.3 Å². The third-order valence-corrected chi connectivity index (χ3v) is 5.83. The summed E-state index contributed by atoms with van der Waals surface area (Å²) >= 11 is 8.01. The minimum atomic E-state index is -0.101. The second-order valence-corrected chi connectivity index (χ2v) is 8.06. The summed E-state index contributed by atoms with van der Waals surface area (Å²) in [4.78, 5) is 18.2. The smallest absolute Gasteiger partial charge is 0.321 e. The van der Waals surface area contributed by atoms with Crippen molar-refractivity contribution in [1.29, 1.82) is 0 Å². The van der Waals surface area contributed by atoms with E-state index >= 15 is 0 Å². The maximum Gasteiger partial charge on any atom is 0.321 e. The molecule has 8 nitrogen and oxygen atoms in total. The predicted molar refractivity (Wildman–Crippen MR) is 120 cm³/mol. The summed E-state index contributed by atoms with van der Waals surface area (Å²) in [7, 11) is 0. The lowest BCUT2D eigenvalue weighted by atomic mass is 10.1. The van der Waals surface area contributed by atoms with Gasteiger partial charge in [0.25, 0.3) is 0 Å². The molecule has 1 aliphatic heterocycles. The van der Waals surface area contributed by atoms with E-state index in [9.17, 15) is 4.79 Å².